The lowest BCUT2D eigenvalue weighted by Gasteiger charge is -2.33. The van der Waals surface area contributed by atoms with Gasteiger partial charge in [-0.05, 0) is 48.8 Å². The highest BCUT2D eigenvalue weighted by atomic mass is 35.5. The lowest BCUT2D eigenvalue weighted by Crippen LogP contribution is -2.36. The maximum absolute atomic E-state index is 13.1. The average molecular weight is 469 g/mol. The smallest absolute Gasteiger partial charge is 0.333 e. The normalized spacial score (nSPS) is 20.9. The summed E-state index contributed by atoms with van der Waals surface area (Å²) in [4.78, 5) is 17.1. The fraction of sp³-hybridized carbons (Fsp3) is 0.429. The molecule has 1 aliphatic heterocycles. The van der Waals surface area contributed by atoms with Crippen molar-refractivity contribution >= 4 is 40.0 Å². The van der Waals surface area contributed by atoms with Crippen LogP contribution in [0.15, 0.2) is 18.3 Å². The van der Waals surface area contributed by atoms with Gasteiger partial charge in [-0.15, -0.1) is 0 Å². The molecule has 5 rings (SSSR count). The van der Waals surface area contributed by atoms with Crippen LogP contribution in [0.5, 0.6) is 0 Å². The molecule has 0 bridgehead atoms. The van der Waals surface area contributed by atoms with Gasteiger partial charge >= 0.3 is 6.55 Å². The third-order valence-electron chi connectivity index (χ3n) is 6.63. The van der Waals surface area contributed by atoms with E-state index >= 15 is 0 Å². The third-order valence-corrected chi connectivity index (χ3v) is 7.42. The van der Waals surface area contributed by atoms with Crippen molar-refractivity contribution in [1.82, 2.24) is 19.7 Å². The summed E-state index contributed by atoms with van der Waals surface area (Å²) in [5.41, 5.74) is 3.76. The summed E-state index contributed by atoms with van der Waals surface area (Å²) in [6, 6.07) is 3.22. The summed E-state index contributed by atoms with van der Waals surface area (Å²) in [6.45, 7) is -2.01. The van der Waals surface area contributed by atoms with E-state index in [1.807, 2.05) is 0 Å². The van der Waals surface area contributed by atoms with Crippen molar-refractivity contribution in [3.8, 4) is 11.3 Å². The Balaban J connectivity index is 1.62. The number of amides is 1. The number of benzene rings is 1. The first-order chi connectivity index (χ1) is 14.8. The van der Waals surface area contributed by atoms with E-state index in [9.17, 15) is 18.7 Å². The molecule has 2 aromatic heterocycles. The SMILES string of the molecule is O=C(CO)N1CC[C@]2(CCc3[nH]c4c(Cl)c(Cl)cc(-c5ccn(C(F)F)n5)c4c3C2)C1. The van der Waals surface area contributed by atoms with Gasteiger partial charge in [0.1, 0.15) is 6.61 Å². The highest BCUT2D eigenvalue weighted by Gasteiger charge is 2.43. The number of aliphatic hydroxyl groups excluding tert-OH is 1. The van der Waals surface area contributed by atoms with Gasteiger partial charge in [0.15, 0.2) is 0 Å². The predicted molar refractivity (Wildman–Crippen MR) is 114 cm³/mol. The highest BCUT2D eigenvalue weighted by molar-refractivity contribution is 6.45. The minimum absolute atomic E-state index is 0.0847. The van der Waals surface area contributed by atoms with Crippen LogP contribution >= 0.6 is 23.2 Å². The van der Waals surface area contributed by atoms with E-state index in [1.165, 1.54) is 6.20 Å². The molecule has 1 fully saturated rings. The van der Waals surface area contributed by atoms with Crippen molar-refractivity contribution in [3.05, 3.63) is 39.6 Å². The van der Waals surface area contributed by atoms with Crippen molar-refractivity contribution in [2.24, 2.45) is 5.41 Å². The van der Waals surface area contributed by atoms with Gasteiger partial charge in [-0.3, -0.25) is 4.79 Å². The molecule has 1 aliphatic carbocycles. The molecule has 2 aliphatic rings. The second-order valence-corrected chi connectivity index (χ2v) is 9.20. The van der Waals surface area contributed by atoms with E-state index in [-0.39, 0.29) is 11.3 Å². The van der Waals surface area contributed by atoms with Gasteiger partial charge in [-0.2, -0.15) is 13.9 Å². The fourth-order valence-corrected chi connectivity index (χ4v) is 5.48. The van der Waals surface area contributed by atoms with Crippen LogP contribution in [0.4, 0.5) is 8.78 Å². The van der Waals surface area contributed by atoms with Crippen molar-refractivity contribution in [1.29, 1.82) is 0 Å². The summed E-state index contributed by atoms with van der Waals surface area (Å²) in [5, 5.41) is 14.8. The number of H-pyrrole nitrogens is 1. The molecule has 6 nitrogen and oxygen atoms in total. The Morgan fingerprint density at radius 2 is 2.16 bits per heavy atom. The molecule has 1 saturated heterocycles. The fourth-order valence-electron chi connectivity index (χ4n) is 5.08. The molecule has 1 spiro atoms. The number of fused-ring (bicyclic) bond motifs is 3. The van der Waals surface area contributed by atoms with Gasteiger partial charge in [0.05, 0.1) is 21.3 Å². The van der Waals surface area contributed by atoms with Crippen LogP contribution in [0, 0.1) is 5.41 Å². The molecule has 1 aromatic carbocycles. The summed E-state index contributed by atoms with van der Waals surface area (Å²) in [6.07, 6.45) is 4.50. The van der Waals surface area contributed by atoms with E-state index in [2.05, 4.69) is 10.1 Å². The number of halogens is 4. The number of nitrogens with one attached hydrogen (secondary N) is 1. The minimum atomic E-state index is -2.73. The average Bonchev–Trinajstić information content (AvgIpc) is 3.48. The lowest BCUT2D eigenvalue weighted by atomic mass is 9.72. The number of nitrogens with zero attached hydrogens (tertiary/aromatic N) is 3. The van der Waals surface area contributed by atoms with Gasteiger partial charge < -0.3 is 15.0 Å². The third kappa shape index (κ3) is 3.32. The molecular weight excluding hydrogens is 449 g/mol. The standard InChI is InChI=1S/C21H20Cl2F2N4O2/c22-13-7-11(15-2-5-29(27-15)20(24)25)17-12-8-21(4-6-28(10-21)16(31)9-30)3-1-14(12)26-19(17)18(13)23/h2,5,7,20,26,30H,1,3-4,6,8-10H2/t21-/m0/s1. The van der Waals surface area contributed by atoms with Crippen LogP contribution in [-0.2, 0) is 17.6 Å². The number of aryl methyl sites for hydroxylation is 1. The molecule has 10 heteroatoms. The number of hydrogen-bond acceptors (Lipinski definition) is 3. The Bertz CT molecular complexity index is 1190. The molecular formula is C21H20Cl2F2N4O2. The highest BCUT2D eigenvalue weighted by Crippen LogP contribution is 2.48. The van der Waals surface area contributed by atoms with E-state index < -0.39 is 13.2 Å². The second kappa shape index (κ2) is 7.46. The van der Waals surface area contributed by atoms with Crippen molar-refractivity contribution in [2.45, 2.75) is 32.2 Å². The summed E-state index contributed by atoms with van der Waals surface area (Å²) < 4.78 is 26.8. The molecule has 31 heavy (non-hydrogen) atoms. The zero-order chi connectivity index (χ0) is 21.9. The zero-order valence-corrected chi connectivity index (χ0v) is 18.0. The number of likely N-dealkylation sites (tertiary alicyclic amines) is 1. The van der Waals surface area contributed by atoms with Crippen LogP contribution in [0.25, 0.3) is 22.2 Å². The van der Waals surface area contributed by atoms with E-state index in [0.29, 0.717) is 44.6 Å². The molecule has 0 unspecified atom stereocenters. The Kier molecular flexibility index (Phi) is 4.99. The van der Waals surface area contributed by atoms with Crippen LogP contribution in [0.3, 0.4) is 0 Å². The van der Waals surface area contributed by atoms with Gasteiger partial charge in [0, 0.05) is 35.9 Å². The molecule has 164 valence electrons. The minimum Gasteiger partial charge on any atom is -0.387 e. The van der Waals surface area contributed by atoms with Gasteiger partial charge in [-0.25, -0.2) is 4.68 Å². The number of carbonyl (C=O) groups is 1. The predicted octanol–water partition coefficient (Wildman–Crippen LogP) is 4.43. The Hall–Kier alpha value is -2.16. The monoisotopic (exact) mass is 468 g/mol. The van der Waals surface area contributed by atoms with Crippen LogP contribution < -0.4 is 0 Å². The molecule has 2 N–H and O–H groups in total. The molecule has 0 saturated carbocycles. The molecule has 1 amide bonds. The number of aliphatic hydroxyl groups is 1. The van der Waals surface area contributed by atoms with Crippen molar-refractivity contribution < 1.29 is 18.7 Å². The number of aromatic amines is 1. The van der Waals surface area contributed by atoms with Gasteiger partial charge in [0.2, 0.25) is 5.91 Å². The van der Waals surface area contributed by atoms with Crippen molar-refractivity contribution in [3.63, 3.8) is 0 Å². The van der Waals surface area contributed by atoms with E-state index in [1.54, 1.807) is 17.0 Å². The number of rotatable bonds is 3. The van der Waals surface area contributed by atoms with E-state index in [4.69, 9.17) is 23.2 Å². The van der Waals surface area contributed by atoms with Gasteiger partial charge in [0.25, 0.3) is 0 Å². The lowest BCUT2D eigenvalue weighted by molar-refractivity contribution is -0.133. The first-order valence-electron chi connectivity index (χ1n) is 10.1. The number of carbonyl (C=O) groups excluding carboxylic acids is 1. The molecule has 1 atom stereocenters. The maximum atomic E-state index is 13.1. The largest absolute Gasteiger partial charge is 0.387 e. The second-order valence-electron chi connectivity index (χ2n) is 8.41. The van der Waals surface area contributed by atoms with Gasteiger partial charge in [-0.1, -0.05) is 23.2 Å². The number of hydrogen-bond donors (Lipinski definition) is 2. The molecule has 0 radical (unpaired) electrons. The Labute approximate surface area is 186 Å². The molecule has 3 aromatic rings. The first-order valence-corrected chi connectivity index (χ1v) is 10.8. The quantitative estimate of drug-likeness (QED) is 0.596. The topological polar surface area (TPSA) is 74.2 Å². The number of alkyl halides is 2. The van der Waals surface area contributed by atoms with Crippen LogP contribution in [0.2, 0.25) is 10.0 Å². The summed E-state index contributed by atoms with van der Waals surface area (Å²) >= 11 is 12.9. The van der Waals surface area contributed by atoms with Crippen molar-refractivity contribution in [2.75, 3.05) is 19.7 Å². The maximum Gasteiger partial charge on any atom is 0.333 e. The van der Waals surface area contributed by atoms with Crippen LogP contribution in [-0.4, -0.2) is 50.4 Å². The molecule has 3 heterocycles. The Morgan fingerprint density at radius 1 is 1.35 bits per heavy atom. The number of aromatic nitrogens is 3. The van der Waals surface area contributed by atoms with Crippen LogP contribution in [0.1, 0.15) is 30.6 Å². The Morgan fingerprint density at radius 3 is 2.87 bits per heavy atom. The van der Waals surface area contributed by atoms with E-state index in [0.717, 1.165) is 42.3 Å². The zero-order valence-electron chi connectivity index (χ0n) is 16.5. The summed E-state index contributed by atoms with van der Waals surface area (Å²) in [5.74, 6) is -0.255. The summed E-state index contributed by atoms with van der Waals surface area (Å²) in [7, 11) is 0. The first kappa shape index (κ1) is 20.7.